The number of hydrogen-bond acceptors (Lipinski definition) is 3. The minimum absolute atomic E-state index is 0.717. The predicted octanol–water partition coefficient (Wildman–Crippen LogP) is 6.36. The van der Waals surface area contributed by atoms with Gasteiger partial charge in [-0.15, -0.1) is 0 Å². The number of fused-ring (bicyclic) bond motifs is 4. The number of piperidine rings is 1. The van der Waals surface area contributed by atoms with E-state index in [0.29, 0.717) is 6.04 Å². The van der Waals surface area contributed by atoms with E-state index in [-0.39, 0.29) is 0 Å². The smallest absolute Gasteiger partial charge is 0.0101 e. The summed E-state index contributed by atoms with van der Waals surface area (Å²) in [6.45, 7) is 5.75. The number of nitrogens with one attached hydrogen (secondary N) is 1. The second-order valence-electron chi connectivity index (χ2n) is 13.3. The second-order valence-corrected chi connectivity index (χ2v) is 13.3. The number of unbranched alkanes of at least 4 members (excludes halogenated alkanes) is 3. The second kappa shape index (κ2) is 11.7. The molecule has 3 nitrogen and oxygen atoms in total. The normalized spacial score (nSPS) is 41.3. The fraction of sp³-hybridized carbons (Fsp3) is 1.00. The highest BCUT2D eigenvalue weighted by Gasteiger charge is 2.43. The number of nitrogens with zero attached hydrogens (tertiary/aromatic N) is 1. The van der Waals surface area contributed by atoms with Gasteiger partial charge < -0.3 is 16.0 Å². The molecule has 0 aromatic rings. The zero-order valence-corrected chi connectivity index (χ0v) is 21.9. The maximum atomic E-state index is 5.77. The molecule has 1 saturated heterocycles. The number of hydrogen-bond donors (Lipinski definition) is 2. The van der Waals surface area contributed by atoms with Gasteiger partial charge in [0, 0.05) is 18.1 Å². The lowest BCUT2D eigenvalue weighted by Gasteiger charge is -2.41. The Labute approximate surface area is 205 Å². The van der Waals surface area contributed by atoms with Gasteiger partial charge in [-0.25, -0.2) is 0 Å². The number of likely N-dealkylation sites (tertiary alicyclic amines) is 1. The van der Waals surface area contributed by atoms with Gasteiger partial charge in [-0.3, -0.25) is 0 Å². The average molecular weight is 458 g/mol. The van der Waals surface area contributed by atoms with Crippen LogP contribution in [-0.2, 0) is 0 Å². The molecule has 5 aliphatic rings. The summed E-state index contributed by atoms with van der Waals surface area (Å²) in [6, 6.07) is 2.27. The van der Waals surface area contributed by atoms with E-state index in [1.165, 1.54) is 77.3 Å². The van der Waals surface area contributed by atoms with E-state index >= 15 is 0 Å². The van der Waals surface area contributed by atoms with Crippen molar-refractivity contribution < 1.29 is 0 Å². The summed E-state index contributed by atoms with van der Waals surface area (Å²) in [5, 5.41) is 4.29. The predicted molar refractivity (Wildman–Crippen MR) is 140 cm³/mol. The minimum atomic E-state index is 0.717. The van der Waals surface area contributed by atoms with Crippen molar-refractivity contribution in [3.8, 4) is 0 Å². The van der Waals surface area contributed by atoms with Crippen LogP contribution in [0.5, 0.6) is 0 Å². The van der Waals surface area contributed by atoms with Crippen molar-refractivity contribution in [2.75, 3.05) is 19.6 Å². The largest absolute Gasteiger partial charge is 0.330 e. The van der Waals surface area contributed by atoms with E-state index in [1.54, 1.807) is 38.5 Å². The first-order valence-corrected chi connectivity index (χ1v) is 15.4. The van der Waals surface area contributed by atoms with Crippen LogP contribution in [0.3, 0.4) is 0 Å². The molecule has 0 aromatic heterocycles. The highest BCUT2D eigenvalue weighted by atomic mass is 15.2. The Bertz CT molecular complexity index is 593. The third-order valence-corrected chi connectivity index (χ3v) is 11.1. The monoisotopic (exact) mass is 457 g/mol. The first-order valence-electron chi connectivity index (χ1n) is 15.4. The molecule has 4 saturated carbocycles. The van der Waals surface area contributed by atoms with Crippen molar-refractivity contribution in [2.45, 2.75) is 134 Å². The van der Waals surface area contributed by atoms with Crippen molar-refractivity contribution in [3.63, 3.8) is 0 Å². The molecule has 1 aliphatic heterocycles. The molecule has 0 amide bonds. The summed E-state index contributed by atoms with van der Waals surface area (Å²) < 4.78 is 0. The van der Waals surface area contributed by atoms with E-state index in [1.807, 2.05) is 0 Å². The topological polar surface area (TPSA) is 41.3 Å². The van der Waals surface area contributed by atoms with E-state index in [4.69, 9.17) is 5.73 Å². The molecule has 4 bridgehead atoms. The lowest BCUT2D eigenvalue weighted by atomic mass is 9.80. The molecule has 9 atom stereocenters. The molecule has 1 heterocycles. The Hall–Kier alpha value is -0.120. The summed E-state index contributed by atoms with van der Waals surface area (Å²) in [5.41, 5.74) is 5.77. The maximum Gasteiger partial charge on any atom is 0.0101 e. The molecule has 9 unspecified atom stereocenters. The summed E-state index contributed by atoms with van der Waals surface area (Å²) in [4.78, 5) is 2.69. The Morgan fingerprint density at radius 2 is 1.61 bits per heavy atom. The minimum Gasteiger partial charge on any atom is -0.330 e. The van der Waals surface area contributed by atoms with Crippen LogP contribution >= 0.6 is 0 Å². The molecule has 3 N–H and O–H groups in total. The maximum absolute atomic E-state index is 5.77. The molecule has 4 aliphatic carbocycles. The Morgan fingerprint density at radius 1 is 0.818 bits per heavy atom. The average Bonchev–Trinajstić information content (AvgIpc) is 3.62. The first-order chi connectivity index (χ1) is 16.2. The van der Waals surface area contributed by atoms with Crippen LogP contribution in [0.2, 0.25) is 0 Å². The molecule has 3 heteroatoms. The van der Waals surface area contributed by atoms with Crippen LogP contribution in [0.25, 0.3) is 0 Å². The molecular weight excluding hydrogens is 402 g/mol. The van der Waals surface area contributed by atoms with Gasteiger partial charge in [0.25, 0.3) is 0 Å². The van der Waals surface area contributed by atoms with Crippen LogP contribution in [0.1, 0.15) is 116 Å². The molecule has 0 aromatic carbocycles. The quantitative estimate of drug-likeness (QED) is 0.316. The Morgan fingerprint density at radius 3 is 2.27 bits per heavy atom. The van der Waals surface area contributed by atoms with Crippen LogP contribution in [0.4, 0.5) is 0 Å². The molecule has 0 spiro atoms. The summed E-state index contributed by atoms with van der Waals surface area (Å²) in [6.07, 6.45) is 25.3. The number of nitrogens with two attached hydrogens (primary N) is 1. The third kappa shape index (κ3) is 6.18. The fourth-order valence-electron chi connectivity index (χ4n) is 9.36. The van der Waals surface area contributed by atoms with Crippen LogP contribution in [0, 0.1) is 35.5 Å². The highest BCUT2D eigenvalue weighted by molar-refractivity contribution is 4.97. The molecule has 0 radical (unpaired) electrons. The SMILES string of the molecule is CC1CC(NC(CCCCCCC2CC3CCC2C3)C2CC3CCC2C3)CCN1CCCN. The fourth-order valence-corrected chi connectivity index (χ4v) is 9.36. The van der Waals surface area contributed by atoms with E-state index in [9.17, 15) is 0 Å². The van der Waals surface area contributed by atoms with Gasteiger partial charge in [0.15, 0.2) is 0 Å². The summed E-state index contributed by atoms with van der Waals surface area (Å²) in [5.74, 6) is 6.48. The van der Waals surface area contributed by atoms with Crippen molar-refractivity contribution in [3.05, 3.63) is 0 Å². The van der Waals surface area contributed by atoms with Crippen molar-refractivity contribution in [1.82, 2.24) is 10.2 Å². The van der Waals surface area contributed by atoms with Gasteiger partial charge in [0.1, 0.15) is 0 Å². The van der Waals surface area contributed by atoms with Crippen LogP contribution in [-0.4, -0.2) is 42.7 Å². The van der Waals surface area contributed by atoms with Gasteiger partial charge in [-0.2, -0.15) is 0 Å². The van der Waals surface area contributed by atoms with Crippen LogP contribution < -0.4 is 11.1 Å². The molecule has 190 valence electrons. The van der Waals surface area contributed by atoms with Crippen LogP contribution in [0.15, 0.2) is 0 Å². The molecular formula is C30H55N3. The third-order valence-electron chi connectivity index (χ3n) is 11.1. The van der Waals surface area contributed by atoms with Gasteiger partial charge >= 0.3 is 0 Å². The van der Waals surface area contributed by atoms with Crippen molar-refractivity contribution in [2.24, 2.45) is 41.2 Å². The Balaban J connectivity index is 1.04. The van der Waals surface area contributed by atoms with E-state index in [0.717, 1.165) is 60.6 Å². The molecule has 33 heavy (non-hydrogen) atoms. The van der Waals surface area contributed by atoms with Gasteiger partial charge in [0.05, 0.1) is 0 Å². The molecule has 5 rings (SSSR count). The zero-order chi connectivity index (χ0) is 22.6. The van der Waals surface area contributed by atoms with Gasteiger partial charge in [0.2, 0.25) is 0 Å². The standard InChI is InChI=1S/C30H55N3/c1-22-17-28(13-16-33(22)15-6-14-31)32-30(29-21-24-10-12-27(29)20-24)8-5-3-2-4-7-25-18-23-9-11-26(25)19-23/h22-30,32H,2-21,31H2,1H3. The summed E-state index contributed by atoms with van der Waals surface area (Å²) >= 11 is 0. The number of rotatable bonds is 13. The van der Waals surface area contributed by atoms with E-state index in [2.05, 4.69) is 17.1 Å². The lowest BCUT2D eigenvalue weighted by molar-refractivity contribution is 0.118. The zero-order valence-electron chi connectivity index (χ0n) is 21.9. The highest BCUT2D eigenvalue weighted by Crippen LogP contribution is 2.51. The summed E-state index contributed by atoms with van der Waals surface area (Å²) in [7, 11) is 0. The van der Waals surface area contributed by atoms with Gasteiger partial charge in [-0.05, 0) is 126 Å². The molecule has 5 fully saturated rings. The lowest BCUT2D eigenvalue weighted by Crippen LogP contribution is -2.52. The van der Waals surface area contributed by atoms with Crippen molar-refractivity contribution >= 4 is 0 Å². The van der Waals surface area contributed by atoms with Crippen molar-refractivity contribution in [1.29, 1.82) is 0 Å². The Kier molecular flexibility index (Phi) is 8.74. The van der Waals surface area contributed by atoms with Gasteiger partial charge in [-0.1, -0.05) is 44.9 Å². The van der Waals surface area contributed by atoms with E-state index < -0.39 is 0 Å². The first kappa shape index (κ1) is 24.6.